The number of rotatable bonds is 6. The molecule has 0 unspecified atom stereocenters. The Hall–Kier alpha value is -1.99. The maximum Gasteiger partial charge on any atom is 0.319 e. The van der Waals surface area contributed by atoms with Gasteiger partial charge in [-0.15, -0.1) is 6.42 Å². The van der Waals surface area contributed by atoms with Gasteiger partial charge in [0.1, 0.15) is 0 Å². The summed E-state index contributed by atoms with van der Waals surface area (Å²) in [7, 11) is 0. The van der Waals surface area contributed by atoms with Gasteiger partial charge >= 0.3 is 6.03 Å². The molecule has 0 aliphatic rings. The fraction of sp³-hybridized carbons (Fsp3) is 0.438. The Labute approximate surface area is 120 Å². The molecule has 0 aliphatic carbocycles. The quantitative estimate of drug-likeness (QED) is 0.551. The van der Waals surface area contributed by atoms with E-state index in [0.717, 1.165) is 18.4 Å². The second kappa shape index (κ2) is 7.56. The molecule has 0 radical (unpaired) electrons. The summed E-state index contributed by atoms with van der Waals surface area (Å²) >= 11 is 0. The van der Waals surface area contributed by atoms with Crippen LogP contribution in [0.25, 0.3) is 0 Å². The molecule has 0 saturated carbocycles. The molecule has 0 aromatic heterocycles. The molecule has 4 heteroatoms. The van der Waals surface area contributed by atoms with Crippen LogP contribution in [0, 0.1) is 17.8 Å². The molecule has 20 heavy (non-hydrogen) atoms. The van der Waals surface area contributed by atoms with E-state index in [2.05, 4.69) is 16.6 Å². The van der Waals surface area contributed by atoms with Gasteiger partial charge in [-0.3, -0.25) is 0 Å². The second-order valence-electron chi connectivity index (χ2n) is 5.53. The number of urea groups is 1. The molecule has 108 valence electrons. The number of terminal acetylenes is 1. The Balaban J connectivity index is 2.32. The van der Waals surface area contributed by atoms with Crippen molar-refractivity contribution >= 4 is 11.7 Å². The van der Waals surface area contributed by atoms with Crippen LogP contribution in [0.15, 0.2) is 24.3 Å². The van der Waals surface area contributed by atoms with E-state index >= 15 is 0 Å². The number of carbonyl (C=O) groups is 1. The third-order valence-corrected chi connectivity index (χ3v) is 3.03. The number of anilines is 1. The lowest BCUT2D eigenvalue weighted by molar-refractivity contribution is 0.148. The van der Waals surface area contributed by atoms with Crippen molar-refractivity contribution < 1.29 is 9.90 Å². The minimum atomic E-state index is -0.249. The van der Waals surface area contributed by atoms with Crippen molar-refractivity contribution in [3.8, 4) is 12.3 Å². The molecular formula is C16H22N2O2. The SMILES string of the molecule is C#Cc1cccc(NC(=O)NCCCC(C)(C)CO)c1. The highest BCUT2D eigenvalue weighted by Gasteiger charge is 2.15. The minimum absolute atomic E-state index is 0.0979. The van der Waals surface area contributed by atoms with Gasteiger partial charge in [0.2, 0.25) is 0 Å². The van der Waals surface area contributed by atoms with Crippen LogP contribution in [0.5, 0.6) is 0 Å². The zero-order valence-electron chi connectivity index (χ0n) is 12.1. The number of aliphatic hydroxyl groups is 1. The Bertz CT molecular complexity index is 489. The van der Waals surface area contributed by atoms with E-state index in [1.54, 1.807) is 24.3 Å². The molecule has 0 saturated heterocycles. The minimum Gasteiger partial charge on any atom is -0.396 e. The van der Waals surface area contributed by atoms with Crippen molar-refractivity contribution in [1.82, 2.24) is 5.32 Å². The van der Waals surface area contributed by atoms with Gasteiger partial charge < -0.3 is 15.7 Å². The summed E-state index contributed by atoms with van der Waals surface area (Å²) in [5.74, 6) is 2.52. The van der Waals surface area contributed by atoms with Gasteiger partial charge in [-0.2, -0.15) is 0 Å². The third-order valence-electron chi connectivity index (χ3n) is 3.03. The van der Waals surface area contributed by atoms with Gasteiger partial charge in [0.05, 0.1) is 0 Å². The normalized spacial score (nSPS) is 10.7. The Morgan fingerprint density at radius 3 is 2.85 bits per heavy atom. The molecule has 3 N–H and O–H groups in total. The first-order valence-corrected chi connectivity index (χ1v) is 6.69. The first-order chi connectivity index (χ1) is 9.46. The number of hydrogen-bond donors (Lipinski definition) is 3. The average Bonchev–Trinajstić information content (AvgIpc) is 2.44. The zero-order chi connectivity index (χ0) is 15.0. The van der Waals surface area contributed by atoms with Crippen molar-refractivity contribution in [3.63, 3.8) is 0 Å². The van der Waals surface area contributed by atoms with Gasteiger partial charge in [-0.1, -0.05) is 25.8 Å². The molecule has 0 fully saturated rings. The predicted octanol–water partition coefficient (Wildman–Crippen LogP) is 2.59. The van der Waals surface area contributed by atoms with E-state index in [9.17, 15) is 4.79 Å². The standard InChI is InChI=1S/C16H22N2O2/c1-4-13-7-5-8-14(11-13)18-15(20)17-10-6-9-16(2,3)12-19/h1,5,7-8,11,19H,6,9-10,12H2,2-3H3,(H2,17,18,20). The van der Waals surface area contributed by atoms with Crippen LogP contribution in [-0.4, -0.2) is 24.3 Å². The van der Waals surface area contributed by atoms with Crippen LogP contribution in [0.2, 0.25) is 0 Å². The van der Waals surface area contributed by atoms with Crippen LogP contribution in [0.3, 0.4) is 0 Å². The molecule has 1 aromatic rings. The molecule has 0 atom stereocenters. The molecule has 0 heterocycles. The van der Waals surface area contributed by atoms with Gasteiger partial charge in [0.25, 0.3) is 0 Å². The number of carbonyl (C=O) groups excluding carboxylic acids is 1. The summed E-state index contributed by atoms with van der Waals surface area (Å²) < 4.78 is 0. The summed E-state index contributed by atoms with van der Waals surface area (Å²) in [5, 5.41) is 14.6. The van der Waals surface area contributed by atoms with Gasteiger partial charge in [0.15, 0.2) is 0 Å². The molecule has 4 nitrogen and oxygen atoms in total. The molecule has 0 spiro atoms. The first kappa shape index (κ1) is 16.1. The number of hydrogen-bond acceptors (Lipinski definition) is 2. The fourth-order valence-electron chi connectivity index (χ4n) is 1.71. The largest absolute Gasteiger partial charge is 0.396 e. The highest BCUT2D eigenvalue weighted by Crippen LogP contribution is 2.20. The predicted molar refractivity (Wildman–Crippen MR) is 81.5 cm³/mol. The lowest BCUT2D eigenvalue weighted by atomic mass is 9.89. The molecule has 0 bridgehead atoms. The smallest absolute Gasteiger partial charge is 0.319 e. The van der Waals surface area contributed by atoms with Crippen LogP contribution in [0.1, 0.15) is 32.3 Å². The maximum atomic E-state index is 11.7. The van der Waals surface area contributed by atoms with E-state index in [1.165, 1.54) is 0 Å². The van der Waals surface area contributed by atoms with E-state index in [0.29, 0.717) is 12.2 Å². The summed E-state index contributed by atoms with van der Waals surface area (Å²) in [6.07, 6.45) is 6.99. The number of nitrogens with one attached hydrogen (secondary N) is 2. The van der Waals surface area contributed by atoms with E-state index < -0.39 is 0 Å². The highest BCUT2D eigenvalue weighted by atomic mass is 16.3. The molecule has 0 aliphatic heterocycles. The topological polar surface area (TPSA) is 61.4 Å². The van der Waals surface area contributed by atoms with E-state index in [1.807, 2.05) is 13.8 Å². The molecule has 1 aromatic carbocycles. The number of benzene rings is 1. The summed E-state index contributed by atoms with van der Waals surface area (Å²) in [6.45, 7) is 4.72. The maximum absolute atomic E-state index is 11.7. The fourth-order valence-corrected chi connectivity index (χ4v) is 1.71. The van der Waals surface area contributed by atoms with E-state index in [4.69, 9.17) is 11.5 Å². The Morgan fingerprint density at radius 2 is 2.20 bits per heavy atom. The van der Waals surface area contributed by atoms with Gasteiger partial charge in [-0.05, 0) is 36.5 Å². The number of aliphatic hydroxyl groups excluding tert-OH is 1. The van der Waals surface area contributed by atoms with Crippen LogP contribution in [0.4, 0.5) is 10.5 Å². The average molecular weight is 274 g/mol. The van der Waals surface area contributed by atoms with Crippen molar-refractivity contribution in [1.29, 1.82) is 0 Å². The van der Waals surface area contributed by atoms with Gasteiger partial charge in [0, 0.05) is 24.4 Å². The van der Waals surface area contributed by atoms with Crippen molar-refractivity contribution in [2.24, 2.45) is 5.41 Å². The van der Waals surface area contributed by atoms with Crippen molar-refractivity contribution in [3.05, 3.63) is 29.8 Å². The zero-order valence-corrected chi connectivity index (χ0v) is 12.1. The van der Waals surface area contributed by atoms with Crippen LogP contribution >= 0.6 is 0 Å². The Kier molecular flexibility index (Phi) is 6.08. The summed E-state index contributed by atoms with van der Waals surface area (Å²) in [6, 6.07) is 6.89. The summed E-state index contributed by atoms with van der Waals surface area (Å²) in [5.41, 5.74) is 1.31. The van der Waals surface area contributed by atoms with E-state index in [-0.39, 0.29) is 18.1 Å². The molecule has 1 rings (SSSR count). The number of amides is 2. The van der Waals surface area contributed by atoms with Crippen LogP contribution < -0.4 is 10.6 Å². The lowest BCUT2D eigenvalue weighted by Gasteiger charge is -2.21. The van der Waals surface area contributed by atoms with Crippen molar-refractivity contribution in [2.75, 3.05) is 18.5 Å². The highest BCUT2D eigenvalue weighted by molar-refractivity contribution is 5.89. The Morgan fingerprint density at radius 1 is 1.45 bits per heavy atom. The molecule has 2 amide bonds. The monoisotopic (exact) mass is 274 g/mol. The van der Waals surface area contributed by atoms with Crippen LogP contribution in [-0.2, 0) is 0 Å². The van der Waals surface area contributed by atoms with Gasteiger partial charge in [-0.25, -0.2) is 4.79 Å². The van der Waals surface area contributed by atoms with Crippen molar-refractivity contribution in [2.45, 2.75) is 26.7 Å². The summed E-state index contributed by atoms with van der Waals surface area (Å²) in [4.78, 5) is 11.7. The molecular weight excluding hydrogens is 252 g/mol. The lowest BCUT2D eigenvalue weighted by Crippen LogP contribution is -2.30. The second-order valence-corrected chi connectivity index (χ2v) is 5.53. The third kappa shape index (κ3) is 5.77. The first-order valence-electron chi connectivity index (χ1n) is 6.69.